The van der Waals surface area contributed by atoms with Gasteiger partial charge in [0.2, 0.25) is 0 Å². The maximum absolute atomic E-state index is 6.24. The van der Waals surface area contributed by atoms with Gasteiger partial charge in [-0.3, -0.25) is 0 Å². The fourth-order valence-corrected chi connectivity index (χ4v) is 3.91. The van der Waals surface area contributed by atoms with Crippen LogP contribution in [-0.2, 0) is 10.2 Å². The second kappa shape index (κ2) is 6.65. The number of rotatable bonds is 4. The summed E-state index contributed by atoms with van der Waals surface area (Å²) in [6.07, 6.45) is 4.83. The lowest BCUT2D eigenvalue weighted by Crippen LogP contribution is -2.55. The highest BCUT2D eigenvalue weighted by Crippen LogP contribution is 2.45. The van der Waals surface area contributed by atoms with Crippen LogP contribution in [0, 0.1) is 0 Å². The maximum Gasteiger partial charge on any atom is 0.0682 e. The summed E-state index contributed by atoms with van der Waals surface area (Å²) in [5, 5.41) is 4.64. The monoisotopic (exact) mass is 315 g/mol. The molecule has 0 aromatic heterocycles. The van der Waals surface area contributed by atoms with Crippen molar-refractivity contribution in [3.8, 4) is 0 Å². The van der Waals surface area contributed by atoms with Crippen molar-refractivity contribution in [2.45, 2.75) is 50.2 Å². The Morgan fingerprint density at radius 2 is 2.05 bits per heavy atom. The van der Waals surface area contributed by atoms with Gasteiger partial charge in [0.05, 0.1) is 16.1 Å². The lowest BCUT2D eigenvalue weighted by molar-refractivity contribution is -0.0129. The average molecular weight is 316 g/mol. The molecule has 112 valence electrons. The number of benzene rings is 1. The Balaban J connectivity index is 2.52. The van der Waals surface area contributed by atoms with Gasteiger partial charge in [0.1, 0.15) is 0 Å². The Kier molecular flexibility index (Phi) is 5.36. The van der Waals surface area contributed by atoms with E-state index >= 15 is 0 Å². The molecule has 1 aromatic rings. The van der Waals surface area contributed by atoms with E-state index in [1.54, 1.807) is 0 Å². The van der Waals surface area contributed by atoms with Crippen molar-refractivity contribution >= 4 is 23.2 Å². The Morgan fingerprint density at radius 3 is 2.65 bits per heavy atom. The number of likely N-dealkylation sites (N-methyl/N-ethyl adjacent to an activating group) is 1. The lowest BCUT2D eigenvalue weighted by Gasteiger charge is -2.48. The quantitative estimate of drug-likeness (QED) is 0.887. The van der Waals surface area contributed by atoms with Gasteiger partial charge in [-0.25, -0.2) is 0 Å². The van der Waals surface area contributed by atoms with E-state index in [2.05, 4.69) is 18.3 Å². The SMILES string of the molecule is CN[C@@H](C)[C@]1(c2ccc(Cl)c(Cl)c2)CCCC[C@@H]1OC. The van der Waals surface area contributed by atoms with Crippen molar-refractivity contribution in [2.75, 3.05) is 14.2 Å². The fourth-order valence-electron chi connectivity index (χ4n) is 3.61. The van der Waals surface area contributed by atoms with Gasteiger partial charge in [0.25, 0.3) is 0 Å². The number of halogens is 2. The summed E-state index contributed by atoms with van der Waals surface area (Å²) in [7, 11) is 3.82. The number of ether oxygens (including phenoxy) is 1. The van der Waals surface area contributed by atoms with Crippen molar-refractivity contribution in [3.05, 3.63) is 33.8 Å². The largest absolute Gasteiger partial charge is 0.380 e. The second-order valence-corrected chi connectivity index (χ2v) is 6.46. The highest BCUT2D eigenvalue weighted by molar-refractivity contribution is 6.42. The zero-order chi connectivity index (χ0) is 14.8. The third kappa shape index (κ3) is 2.71. The van der Waals surface area contributed by atoms with Crippen LogP contribution in [0.25, 0.3) is 0 Å². The Labute approximate surface area is 131 Å². The Hall–Kier alpha value is -0.280. The molecule has 1 fully saturated rings. The first kappa shape index (κ1) is 16.1. The van der Waals surface area contributed by atoms with Gasteiger partial charge in [0.15, 0.2) is 0 Å². The maximum atomic E-state index is 6.24. The van der Waals surface area contributed by atoms with Crippen molar-refractivity contribution in [3.63, 3.8) is 0 Å². The topological polar surface area (TPSA) is 21.3 Å². The molecule has 0 aliphatic heterocycles. The molecule has 0 unspecified atom stereocenters. The first-order valence-corrected chi connectivity index (χ1v) is 7.97. The molecule has 0 radical (unpaired) electrons. The molecule has 1 aromatic carbocycles. The van der Waals surface area contributed by atoms with E-state index in [0.29, 0.717) is 16.1 Å². The van der Waals surface area contributed by atoms with E-state index in [0.717, 1.165) is 12.8 Å². The van der Waals surface area contributed by atoms with Crippen molar-refractivity contribution in [1.29, 1.82) is 0 Å². The van der Waals surface area contributed by atoms with Crippen LogP contribution in [0.3, 0.4) is 0 Å². The molecule has 0 bridgehead atoms. The molecule has 3 atom stereocenters. The molecular formula is C16H23Cl2NO. The van der Waals surface area contributed by atoms with Crippen LogP contribution < -0.4 is 5.32 Å². The summed E-state index contributed by atoms with van der Waals surface area (Å²) in [5.74, 6) is 0. The summed E-state index contributed by atoms with van der Waals surface area (Å²) in [6, 6.07) is 6.31. The van der Waals surface area contributed by atoms with Crippen LogP contribution in [0.1, 0.15) is 38.2 Å². The van der Waals surface area contributed by atoms with Crippen molar-refractivity contribution in [1.82, 2.24) is 5.32 Å². The van der Waals surface area contributed by atoms with E-state index in [4.69, 9.17) is 27.9 Å². The zero-order valence-corrected chi connectivity index (χ0v) is 13.9. The molecule has 20 heavy (non-hydrogen) atoms. The number of methoxy groups -OCH3 is 1. The predicted molar refractivity (Wildman–Crippen MR) is 85.9 cm³/mol. The minimum Gasteiger partial charge on any atom is -0.380 e. The third-order valence-electron chi connectivity index (χ3n) is 4.83. The van der Waals surface area contributed by atoms with Crippen molar-refractivity contribution < 1.29 is 4.74 Å². The first-order chi connectivity index (χ1) is 9.56. The standard InChI is InChI=1S/C16H23Cl2NO/c1-11(19-2)16(9-5-4-6-15(16)20-3)12-7-8-13(17)14(18)10-12/h7-8,10-11,15,19H,4-6,9H2,1-3H3/t11-,15-,16-/m0/s1. The number of hydrogen-bond donors (Lipinski definition) is 1. The average Bonchev–Trinajstić information content (AvgIpc) is 2.48. The Bertz CT molecular complexity index is 466. The molecule has 4 heteroatoms. The van der Waals surface area contributed by atoms with Gasteiger partial charge in [-0.15, -0.1) is 0 Å². The fraction of sp³-hybridized carbons (Fsp3) is 0.625. The van der Waals surface area contributed by atoms with Crippen LogP contribution in [-0.4, -0.2) is 26.3 Å². The van der Waals surface area contributed by atoms with Gasteiger partial charge in [-0.2, -0.15) is 0 Å². The molecule has 1 aliphatic rings. The molecule has 1 saturated carbocycles. The molecule has 2 rings (SSSR count). The van der Waals surface area contributed by atoms with E-state index in [1.807, 2.05) is 26.3 Å². The van der Waals surface area contributed by atoms with Crippen LogP contribution in [0.15, 0.2) is 18.2 Å². The number of nitrogens with one attached hydrogen (secondary N) is 1. The minimum atomic E-state index is -0.0457. The number of hydrogen-bond acceptors (Lipinski definition) is 2. The summed E-state index contributed by atoms with van der Waals surface area (Å²) in [6.45, 7) is 2.22. The smallest absolute Gasteiger partial charge is 0.0682 e. The van der Waals surface area contributed by atoms with E-state index in [1.165, 1.54) is 18.4 Å². The van der Waals surface area contributed by atoms with E-state index < -0.39 is 0 Å². The molecule has 0 amide bonds. The minimum absolute atomic E-state index is 0.0457. The molecule has 0 heterocycles. The predicted octanol–water partition coefficient (Wildman–Crippen LogP) is 4.43. The van der Waals surface area contributed by atoms with Crippen LogP contribution in [0.4, 0.5) is 0 Å². The zero-order valence-electron chi connectivity index (χ0n) is 12.4. The molecule has 2 nitrogen and oxygen atoms in total. The van der Waals surface area contributed by atoms with E-state index in [-0.39, 0.29) is 11.5 Å². The normalized spacial score (nSPS) is 28.4. The molecule has 0 spiro atoms. The van der Waals surface area contributed by atoms with Crippen LogP contribution in [0.5, 0.6) is 0 Å². The molecular weight excluding hydrogens is 293 g/mol. The lowest BCUT2D eigenvalue weighted by atomic mass is 9.63. The third-order valence-corrected chi connectivity index (χ3v) is 5.57. The summed E-state index contributed by atoms with van der Waals surface area (Å²) >= 11 is 12.3. The summed E-state index contributed by atoms with van der Waals surface area (Å²) < 4.78 is 5.84. The van der Waals surface area contributed by atoms with E-state index in [9.17, 15) is 0 Å². The van der Waals surface area contributed by atoms with Gasteiger partial charge in [-0.1, -0.05) is 42.1 Å². The van der Waals surface area contributed by atoms with Gasteiger partial charge < -0.3 is 10.1 Å². The van der Waals surface area contributed by atoms with Gasteiger partial charge in [-0.05, 0) is 44.5 Å². The summed E-state index contributed by atoms with van der Waals surface area (Å²) in [4.78, 5) is 0. The van der Waals surface area contributed by atoms with Crippen molar-refractivity contribution in [2.24, 2.45) is 0 Å². The highest BCUT2D eigenvalue weighted by Gasteiger charge is 2.46. The van der Waals surface area contributed by atoms with Gasteiger partial charge >= 0.3 is 0 Å². The highest BCUT2D eigenvalue weighted by atomic mass is 35.5. The molecule has 0 saturated heterocycles. The van der Waals surface area contributed by atoms with Gasteiger partial charge in [0, 0.05) is 18.6 Å². The van der Waals surface area contributed by atoms with Crippen LogP contribution in [0.2, 0.25) is 10.0 Å². The molecule has 1 aliphatic carbocycles. The summed E-state index contributed by atoms with van der Waals surface area (Å²) in [5.41, 5.74) is 1.18. The molecule has 1 N–H and O–H groups in total. The first-order valence-electron chi connectivity index (χ1n) is 7.22. The Morgan fingerprint density at radius 1 is 1.30 bits per heavy atom. The van der Waals surface area contributed by atoms with Crippen LogP contribution >= 0.6 is 23.2 Å². The second-order valence-electron chi connectivity index (χ2n) is 5.65.